The number of carbonyl (C=O) groups is 4. The number of nitrogens with one attached hydrogen (secondary N) is 2. The van der Waals surface area contributed by atoms with E-state index in [2.05, 4.69) is 15.6 Å². The summed E-state index contributed by atoms with van der Waals surface area (Å²) in [7, 11) is 1.35. The zero-order valence-electron chi connectivity index (χ0n) is 17.5. The van der Waals surface area contributed by atoms with E-state index in [1.807, 2.05) is 12.1 Å². The lowest BCUT2D eigenvalue weighted by molar-refractivity contribution is -0.145. The van der Waals surface area contributed by atoms with Gasteiger partial charge < -0.3 is 26.0 Å². The third-order valence-corrected chi connectivity index (χ3v) is 5.72. The number of piperidine rings is 1. The summed E-state index contributed by atoms with van der Waals surface area (Å²) in [6, 6.07) is 6.58. The Balaban J connectivity index is 1.53. The van der Waals surface area contributed by atoms with Gasteiger partial charge >= 0.3 is 11.8 Å². The molecule has 4 rings (SSSR count). The third kappa shape index (κ3) is 3.98. The van der Waals surface area contributed by atoms with Crippen molar-refractivity contribution in [1.82, 2.24) is 15.2 Å². The number of nitrogens with two attached hydrogens (primary N) is 1. The predicted molar refractivity (Wildman–Crippen MR) is 114 cm³/mol. The molecule has 0 aliphatic carbocycles. The molecule has 2 aliphatic rings. The van der Waals surface area contributed by atoms with Crippen LogP contribution in [0, 0.1) is 0 Å². The van der Waals surface area contributed by atoms with Gasteiger partial charge in [0.15, 0.2) is 0 Å². The number of primary amides is 1. The number of methoxy groups -OCH3 is 1. The number of hydrogen-bond acceptors (Lipinski definition) is 6. The van der Waals surface area contributed by atoms with E-state index in [4.69, 9.17) is 10.5 Å². The van der Waals surface area contributed by atoms with Crippen LogP contribution in [0.3, 0.4) is 0 Å². The average Bonchev–Trinajstić information content (AvgIpc) is 3.18. The number of amides is 4. The maximum absolute atomic E-state index is 13.0. The van der Waals surface area contributed by atoms with Gasteiger partial charge in [0, 0.05) is 18.7 Å². The monoisotopic (exact) mass is 437 g/mol. The topological polar surface area (TPSA) is 144 Å². The summed E-state index contributed by atoms with van der Waals surface area (Å²) in [6.45, 7) is 0.897. The Morgan fingerprint density at radius 3 is 2.81 bits per heavy atom. The fourth-order valence-corrected chi connectivity index (χ4v) is 4.16. The average molecular weight is 437 g/mol. The molecule has 166 valence electrons. The molecular weight excluding hydrogens is 414 g/mol. The number of nitrogens with zero attached hydrogens (tertiary/aromatic N) is 2. The van der Waals surface area contributed by atoms with Gasteiger partial charge in [0.1, 0.15) is 5.56 Å². The highest BCUT2D eigenvalue weighted by Crippen LogP contribution is 2.33. The molecule has 1 aromatic heterocycles. The van der Waals surface area contributed by atoms with E-state index in [9.17, 15) is 19.2 Å². The van der Waals surface area contributed by atoms with Crippen LogP contribution < -0.4 is 21.1 Å². The Morgan fingerprint density at radius 2 is 2.06 bits per heavy atom. The molecule has 0 bridgehead atoms. The first-order valence-corrected chi connectivity index (χ1v) is 10.3. The molecular formula is C22H23N5O5. The van der Waals surface area contributed by atoms with Crippen molar-refractivity contribution in [1.29, 1.82) is 0 Å². The lowest BCUT2D eigenvalue weighted by Crippen LogP contribution is -2.44. The maximum atomic E-state index is 13.0. The summed E-state index contributed by atoms with van der Waals surface area (Å²) in [4.78, 5) is 54.7. The normalized spacial score (nSPS) is 17.3. The molecule has 0 saturated carbocycles. The second kappa shape index (κ2) is 8.66. The molecule has 2 aromatic rings. The number of hydrogen-bond donors (Lipinski definition) is 3. The van der Waals surface area contributed by atoms with Crippen LogP contribution in [0.15, 0.2) is 30.5 Å². The molecule has 10 heteroatoms. The van der Waals surface area contributed by atoms with Gasteiger partial charge in [0.2, 0.25) is 5.88 Å². The highest BCUT2D eigenvalue weighted by molar-refractivity contribution is 6.39. The standard InChI is InChI=1S/C22H23N5O5/c1-32-21-16(18(23)28)9-14(11-25-21)26-20(30)22(31)27-7-3-2-4-17(27)12-5-6-15-13(8-12)10-24-19(15)29/h5-6,8-9,11,17H,2-4,7,10H2,1H3,(H2,23,28)(H,24,29)(H,26,30)/t17-/m0/s1. The van der Waals surface area contributed by atoms with Gasteiger partial charge in [-0.2, -0.15) is 0 Å². The molecule has 32 heavy (non-hydrogen) atoms. The van der Waals surface area contributed by atoms with Gasteiger partial charge in [0.05, 0.1) is 25.0 Å². The van der Waals surface area contributed by atoms with Crippen molar-refractivity contribution in [2.24, 2.45) is 5.73 Å². The Kier molecular flexibility index (Phi) is 5.76. The van der Waals surface area contributed by atoms with Gasteiger partial charge in [-0.3, -0.25) is 19.2 Å². The molecule has 4 N–H and O–H groups in total. The lowest BCUT2D eigenvalue weighted by Gasteiger charge is -2.35. The molecule has 10 nitrogen and oxygen atoms in total. The van der Waals surface area contributed by atoms with Gasteiger partial charge in [0.25, 0.3) is 11.8 Å². The van der Waals surface area contributed by atoms with Crippen molar-refractivity contribution >= 4 is 29.3 Å². The molecule has 1 atom stereocenters. The van der Waals surface area contributed by atoms with Gasteiger partial charge in [-0.1, -0.05) is 12.1 Å². The smallest absolute Gasteiger partial charge is 0.313 e. The van der Waals surface area contributed by atoms with Crippen LogP contribution in [0.2, 0.25) is 0 Å². The van der Waals surface area contributed by atoms with E-state index in [1.165, 1.54) is 19.4 Å². The van der Waals surface area contributed by atoms with Gasteiger partial charge in [-0.15, -0.1) is 0 Å². The van der Waals surface area contributed by atoms with Crippen LogP contribution in [0.5, 0.6) is 5.88 Å². The van der Waals surface area contributed by atoms with E-state index < -0.39 is 17.7 Å². The maximum Gasteiger partial charge on any atom is 0.313 e. The first-order chi connectivity index (χ1) is 15.4. The van der Waals surface area contributed by atoms with Crippen molar-refractivity contribution in [3.05, 3.63) is 52.7 Å². The second-order valence-electron chi connectivity index (χ2n) is 7.71. The van der Waals surface area contributed by atoms with Crippen LogP contribution >= 0.6 is 0 Å². The summed E-state index contributed by atoms with van der Waals surface area (Å²) in [5.74, 6) is -2.36. The number of rotatable bonds is 4. The summed E-state index contributed by atoms with van der Waals surface area (Å²) in [5.41, 5.74) is 7.90. The Bertz CT molecular complexity index is 1120. The molecule has 1 fully saturated rings. The molecule has 0 spiro atoms. The minimum Gasteiger partial charge on any atom is -0.480 e. The first-order valence-electron chi connectivity index (χ1n) is 10.3. The van der Waals surface area contributed by atoms with Crippen molar-refractivity contribution in [2.45, 2.75) is 31.8 Å². The van der Waals surface area contributed by atoms with E-state index in [0.29, 0.717) is 18.7 Å². The summed E-state index contributed by atoms with van der Waals surface area (Å²) >= 11 is 0. The zero-order valence-corrected chi connectivity index (χ0v) is 17.5. The summed E-state index contributed by atoms with van der Waals surface area (Å²) in [5, 5.41) is 5.28. The Labute approximate surface area is 184 Å². The number of fused-ring (bicyclic) bond motifs is 1. The molecule has 0 radical (unpaired) electrons. The van der Waals surface area contributed by atoms with E-state index >= 15 is 0 Å². The number of ether oxygens (including phenoxy) is 1. The molecule has 0 unspecified atom stereocenters. The quantitative estimate of drug-likeness (QED) is 0.612. The van der Waals surface area contributed by atoms with Crippen LogP contribution in [0.4, 0.5) is 5.69 Å². The molecule has 1 aromatic carbocycles. The van der Waals surface area contributed by atoms with Crippen molar-refractivity contribution in [3.8, 4) is 5.88 Å². The predicted octanol–water partition coefficient (Wildman–Crippen LogP) is 1.12. The van der Waals surface area contributed by atoms with Gasteiger partial charge in [-0.05, 0) is 42.5 Å². The fourth-order valence-electron chi connectivity index (χ4n) is 4.16. The summed E-state index contributed by atoms with van der Waals surface area (Å²) < 4.78 is 4.99. The Morgan fingerprint density at radius 1 is 1.25 bits per heavy atom. The molecule has 2 aliphatic heterocycles. The van der Waals surface area contributed by atoms with Crippen LogP contribution in [0.25, 0.3) is 0 Å². The minimum atomic E-state index is -0.836. The first kappa shape index (κ1) is 21.3. The van der Waals surface area contributed by atoms with Crippen molar-refractivity contribution in [2.75, 3.05) is 19.0 Å². The molecule has 3 heterocycles. The van der Waals surface area contributed by atoms with Gasteiger partial charge in [-0.25, -0.2) is 4.98 Å². The van der Waals surface area contributed by atoms with Crippen LogP contribution in [-0.4, -0.2) is 47.2 Å². The van der Waals surface area contributed by atoms with Crippen LogP contribution in [-0.2, 0) is 16.1 Å². The largest absolute Gasteiger partial charge is 0.480 e. The number of likely N-dealkylation sites (tertiary alicyclic amines) is 1. The number of benzene rings is 1. The van der Waals surface area contributed by atoms with E-state index in [1.54, 1.807) is 11.0 Å². The third-order valence-electron chi connectivity index (χ3n) is 5.72. The van der Waals surface area contributed by atoms with E-state index in [-0.39, 0.29) is 29.1 Å². The summed E-state index contributed by atoms with van der Waals surface area (Å²) in [6.07, 6.45) is 3.72. The van der Waals surface area contributed by atoms with Crippen molar-refractivity contribution < 1.29 is 23.9 Å². The number of aromatic nitrogens is 1. The highest BCUT2D eigenvalue weighted by atomic mass is 16.5. The van der Waals surface area contributed by atoms with Crippen LogP contribution in [0.1, 0.15) is 57.1 Å². The SMILES string of the molecule is COc1ncc(NC(=O)C(=O)N2CCCC[C@H]2c2ccc3c(c2)CNC3=O)cc1C(N)=O. The number of carbonyl (C=O) groups excluding carboxylic acids is 4. The van der Waals surface area contributed by atoms with Crippen molar-refractivity contribution in [3.63, 3.8) is 0 Å². The lowest BCUT2D eigenvalue weighted by atomic mass is 9.93. The molecule has 4 amide bonds. The Hall–Kier alpha value is -3.95. The zero-order chi connectivity index (χ0) is 22.8. The second-order valence-corrected chi connectivity index (χ2v) is 7.71. The minimum absolute atomic E-state index is 0.00473. The molecule has 1 saturated heterocycles. The number of anilines is 1. The van der Waals surface area contributed by atoms with E-state index in [0.717, 1.165) is 30.4 Å². The fraction of sp³-hybridized carbons (Fsp3) is 0.318. The number of pyridine rings is 1. The highest BCUT2D eigenvalue weighted by Gasteiger charge is 2.33.